The number of ether oxygens (including phenoxy) is 1. The van der Waals surface area contributed by atoms with Gasteiger partial charge in [-0.1, -0.05) is 38.1 Å². The van der Waals surface area contributed by atoms with Crippen molar-refractivity contribution in [2.45, 2.75) is 31.1 Å². The Morgan fingerprint density at radius 1 is 1.21 bits per heavy atom. The van der Waals surface area contributed by atoms with Crippen LogP contribution in [0.5, 0.6) is 5.75 Å². The molecule has 3 aromatic rings. The van der Waals surface area contributed by atoms with Crippen molar-refractivity contribution in [3.63, 3.8) is 0 Å². The van der Waals surface area contributed by atoms with E-state index in [1.54, 1.807) is 18.2 Å². The van der Waals surface area contributed by atoms with Crippen molar-refractivity contribution in [1.82, 2.24) is 10.3 Å². The molecule has 1 aromatic heterocycles. The van der Waals surface area contributed by atoms with Crippen molar-refractivity contribution >= 4 is 17.4 Å². The van der Waals surface area contributed by atoms with Gasteiger partial charge >= 0.3 is 0 Å². The van der Waals surface area contributed by atoms with Crippen LogP contribution in [0.2, 0.25) is 0 Å². The Morgan fingerprint density at radius 3 is 2.65 bits per heavy atom. The summed E-state index contributed by atoms with van der Waals surface area (Å²) in [7, 11) is 0. The molecule has 172 valence electrons. The Morgan fingerprint density at radius 2 is 1.97 bits per heavy atom. The quantitative estimate of drug-likeness (QED) is 0.448. The van der Waals surface area contributed by atoms with Gasteiger partial charge in [0.1, 0.15) is 17.1 Å². The van der Waals surface area contributed by atoms with Gasteiger partial charge in [0.2, 0.25) is 11.3 Å². The first-order valence-electron chi connectivity index (χ1n) is 10.4. The average Bonchev–Trinajstić information content (AvgIpc) is 3.15. The summed E-state index contributed by atoms with van der Waals surface area (Å²) in [5.41, 5.74) is -2.51. The van der Waals surface area contributed by atoms with Gasteiger partial charge in [-0.2, -0.15) is 0 Å². The Kier molecular flexibility index (Phi) is 4.56. The van der Waals surface area contributed by atoms with E-state index in [9.17, 15) is 29.2 Å². The normalized spacial score (nSPS) is 22.1. The molecule has 0 bridgehead atoms. The molecule has 0 spiro atoms. The number of benzene rings is 2. The number of pyridine rings is 1. The third kappa shape index (κ3) is 2.72. The van der Waals surface area contributed by atoms with E-state index in [1.165, 1.54) is 12.1 Å². The molecule has 2 aliphatic rings. The van der Waals surface area contributed by atoms with Crippen molar-refractivity contribution in [1.29, 1.82) is 0 Å². The van der Waals surface area contributed by atoms with Crippen LogP contribution >= 0.6 is 0 Å². The van der Waals surface area contributed by atoms with E-state index in [2.05, 4.69) is 10.3 Å². The summed E-state index contributed by atoms with van der Waals surface area (Å²) in [4.78, 5) is 41.6. The van der Waals surface area contributed by atoms with E-state index >= 15 is 0 Å². The maximum atomic E-state index is 13.9. The lowest BCUT2D eigenvalue weighted by Gasteiger charge is -2.34. The van der Waals surface area contributed by atoms with Crippen LogP contribution in [-0.2, 0) is 11.3 Å². The monoisotopic (exact) mass is 463 g/mol. The van der Waals surface area contributed by atoms with Crippen LogP contribution in [0.1, 0.15) is 57.2 Å². The number of ketones is 1. The number of carbonyl (C=O) groups is 2. The number of aliphatic hydroxyl groups is 1. The summed E-state index contributed by atoms with van der Waals surface area (Å²) >= 11 is 0. The van der Waals surface area contributed by atoms with Crippen molar-refractivity contribution < 1.29 is 28.7 Å². The predicted octanol–water partition coefficient (Wildman–Crippen LogP) is 3.31. The van der Waals surface area contributed by atoms with Gasteiger partial charge < -0.3 is 15.2 Å². The van der Waals surface area contributed by atoms with E-state index < -0.39 is 39.4 Å². The Bertz CT molecular complexity index is 1410. The number of aromatic nitrogens is 1. The highest BCUT2D eigenvalue weighted by atomic mass is 19.1. The molecule has 2 aromatic carbocycles. The van der Waals surface area contributed by atoms with Crippen molar-refractivity contribution in [2.24, 2.45) is 0 Å². The van der Waals surface area contributed by atoms with Gasteiger partial charge in [0.25, 0.3) is 17.4 Å². The second kappa shape index (κ2) is 7.16. The number of nitrogens with one attached hydrogen (secondary N) is 1. The molecule has 10 heteroatoms. The number of carbonyl (C=O) groups excluding carboxylic acids is 2. The zero-order chi connectivity index (χ0) is 24.4. The highest BCUT2D eigenvalue weighted by molar-refractivity contribution is 6.15. The van der Waals surface area contributed by atoms with Gasteiger partial charge in [-0.3, -0.25) is 24.7 Å². The summed E-state index contributed by atoms with van der Waals surface area (Å²) in [5, 5.41) is 26.0. The minimum Gasteiger partial charge on any atom is -0.454 e. The predicted molar refractivity (Wildman–Crippen MR) is 116 cm³/mol. The molecule has 1 aliphatic carbocycles. The first-order chi connectivity index (χ1) is 16.1. The number of halogens is 1. The van der Waals surface area contributed by atoms with Gasteiger partial charge in [0, 0.05) is 23.4 Å². The molecule has 1 aliphatic heterocycles. The molecule has 2 atom stereocenters. The van der Waals surface area contributed by atoms with Gasteiger partial charge in [-0.05, 0) is 23.6 Å². The molecule has 0 fully saturated rings. The number of fused-ring (bicyclic) bond motifs is 5. The van der Waals surface area contributed by atoms with Crippen molar-refractivity contribution in [3.05, 3.63) is 98.6 Å². The number of hydrogen-bond donors (Lipinski definition) is 2. The van der Waals surface area contributed by atoms with E-state index in [1.807, 2.05) is 13.8 Å². The number of nitro groups is 1. The number of amides is 1. The minimum atomic E-state index is -2.47. The number of nitrogens with zero attached hydrogens (tertiary/aromatic N) is 2. The highest BCUT2D eigenvalue weighted by Gasteiger charge is 2.73. The largest absolute Gasteiger partial charge is 0.454 e. The fourth-order valence-electron chi connectivity index (χ4n) is 4.63. The lowest BCUT2D eigenvalue weighted by molar-refractivity contribution is -0.385. The van der Waals surface area contributed by atoms with E-state index in [-0.39, 0.29) is 33.9 Å². The van der Waals surface area contributed by atoms with Crippen molar-refractivity contribution in [2.75, 3.05) is 0 Å². The number of nitro benzene ring substituents is 1. The molecule has 9 nitrogen and oxygen atoms in total. The number of hydrogen-bond acceptors (Lipinski definition) is 7. The first-order valence-corrected chi connectivity index (χ1v) is 10.4. The van der Waals surface area contributed by atoms with Crippen LogP contribution in [0.4, 0.5) is 10.1 Å². The second-order valence-corrected chi connectivity index (χ2v) is 8.54. The Labute approximate surface area is 192 Å². The third-order valence-corrected chi connectivity index (χ3v) is 6.28. The Hall–Kier alpha value is -4.18. The highest BCUT2D eigenvalue weighted by Crippen LogP contribution is 2.59. The smallest absolute Gasteiger partial charge is 0.280 e. The summed E-state index contributed by atoms with van der Waals surface area (Å²) in [6.45, 7) is 3.90. The number of Topliss-reactive ketones (excluding diaryl/α,β-unsaturated/α-hetero) is 1. The van der Waals surface area contributed by atoms with E-state index in [4.69, 9.17) is 4.74 Å². The minimum absolute atomic E-state index is 0.0944. The summed E-state index contributed by atoms with van der Waals surface area (Å²) < 4.78 is 19.6. The molecule has 5 rings (SSSR count). The standard InChI is InChI=1S/C24H18FN3O6/c1-12(2)13-6-7-16-19(9-13)34-24(31)17-4-3-5-18(28(32)33)20(17)21(29)23(16,24)27-22(30)14-8-15(25)11-26-10-14/h3-12,31H,1-2H3,(H,27,30). The zero-order valence-corrected chi connectivity index (χ0v) is 18.0. The molecule has 2 N–H and O–H groups in total. The van der Waals surface area contributed by atoms with Gasteiger partial charge in [0.15, 0.2) is 0 Å². The number of rotatable bonds is 4. The van der Waals surface area contributed by atoms with Crippen LogP contribution in [0.3, 0.4) is 0 Å². The molecular formula is C24H18FN3O6. The zero-order valence-electron chi connectivity index (χ0n) is 18.0. The molecule has 2 heterocycles. The maximum Gasteiger partial charge on any atom is 0.280 e. The van der Waals surface area contributed by atoms with Crippen LogP contribution in [-0.4, -0.2) is 26.7 Å². The van der Waals surface area contributed by atoms with Gasteiger partial charge in [-0.15, -0.1) is 0 Å². The topological polar surface area (TPSA) is 132 Å². The molecule has 34 heavy (non-hydrogen) atoms. The van der Waals surface area contributed by atoms with E-state index in [0.717, 1.165) is 30.1 Å². The average molecular weight is 463 g/mol. The van der Waals surface area contributed by atoms with Crippen molar-refractivity contribution in [3.8, 4) is 5.75 Å². The van der Waals surface area contributed by atoms with Crippen LogP contribution in [0.15, 0.2) is 54.9 Å². The Balaban J connectivity index is 1.76. The fourth-order valence-corrected chi connectivity index (χ4v) is 4.63. The van der Waals surface area contributed by atoms with Crippen LogP contribution < -0.4 is 10.1 Å². The first kappa shape index (κ1) is 21.7. The summed E-state index contributed by atoms with van der Waals surface area (Å²) in [5.74, 6) is -4.83. The van der Waals surface area contributed by atoms with Crippen LogP contribution in [0.25, 0.3) is 0 Å². The van der Waals surface area contributed by atoms with E-state index in [0.29, 0.717) is 0 Å². The third-order valence-electron chi connectivity index (χ3n) is 6.28. The lowest BCUT2D eigenvalue weighted by Crippen LogP contribution is -2.60. The molecule has 1 amide bonds. The van der Waals surface area contributed by atoms with Gasteiger partial charge in [0.05, 0.1) is 16.7 Å². The maximum absolute atomic E-state index is 13.9. The SMILES string of the molecule is CC(C)c1ccc2c(c1)OC1(O)c3cccc([N+](=O)[O-])c3C(=O)C21NC(=O)c1cncc(F)c1. The van der Waals surface area contributed by atoms with Gasteiger partial charge in [-0.25, -0.2) is 4.39 Å². The van der Waals surface area contributed by atoms with Crippen LogP contribution in [0, 0.1) is 15.9 Å². The second-order valence-electron chi connectivity index (χ2n) is 8.54. The fraction of sp³-hybridized carbons (Fsp3) is 0.208. The molecule has 0 radical (unpaired) electrons. The lowest BCUT2D eigenvalue weighted by atomic mass is 9.82. The molecule has 0 saturated heterocycles. The molecule has 2 unspecified atom stereocenters. The summed E-state index contributed by atoms with van der Waals surface area (Å²) in [6, 6.07) is 9.64. The molecule has 0 saturated carbocycles. The summed E-state index contributed by atoms with van der Waals surface area (Å²) in [6.07, 6.45) is 2.01. The molecular weight excluding hydrogens is 445 g/mol.